The predicted molar refractivity (Wildman–Crippen MR) is 150 cm³/mol. The van der Waals surface area contributed by atoms with Crippen LogP contribution in [0, 0.1) is 13.8 Å². The molecule has 0 saturated heterocycles. The number of nitrogens with zero attached hydrogens (tertiary/aromatic N) is 8. The number of nitrogens with one attached hydrogen (secondary N) is 2. The lowest BCUT2D eigenvalue weighted by atomic mass is 10.3. The molecule has 0 aliphatic rings. The van der Waals surface area contributed by atoms with Crippen molar-refractivity contribution in [2.45, 2.75) is 106 Å². The molecule has 0 atom stereocenters. The molecule has 0 spiro atoms. The molecule has 10 heteroatoms. The van der Waals surface area contributed by atoms with E-state index in [0.717, 1.165) is 89.4 Å². The van der Waals surface area contributed by atoms with E-state index in [1.165, 1.54) is 0 Å². The lowest BCUT2D eigenvalue weighted by Gasteiger charge is -2.24. The SMILES string of the molecule is CCCCN(CCCC)c1nc(C)nc(NC(C)Nc2nc(C)nc(N(CCCC)CCCC)n2)n1. The van der Waals surface area contributed by atoms with E-state index in [1.54, 1.807) is 0 Å². The molecule has 2 heterocycles. The smallest absolute Gasteiger partial charge is 0.230 e. The highest BCUT2D eigenvalue weighted by atomic mass is 15.3. The van der Waals surface area contributed by atoms with Gasteiger partial charge in [-0.15, -0.1) is 0 Å². The molecule has 2 aromatic heterocycles. The Bertz CT molecular complexity index is 804. The minimum absolute atomic E-state index is 0.186. The fraction of sp³-hybridized carbons (Fsp3) is 0.769. The molecule has 0 aliphatic heterocycles. The van der Waals surface area contributed by atoms with Gasteiger partial charge in [-0.3, -0.25) is 0 Å². The first kappa shape index (κ1) is 29.5. The number of aromatic nitrogens is 6. The summed E-state index contributed by atoms with van der Waals surface area (Å²) in [7, 11) is 0. The van der Waals surface area contributed by atoms with Crippen molar-refractivity contribution in [1.82, 2.24) is 29.9 Å². The number of aryl methyl sites for hydroxylation is 2. The summed E-state index contributed by atoms with van der Waals surface area (Å²) in [6.45, 7) is 18.5. The first-order valence-corrected chi connectivity index (χ1v) is 13.9. The first-order chi connectivity index (χ1) is 17.4. The van der Waals surface area contributed by atoms with Crippen LogP contribution in [0.25, 0.3) is 0 Å². The van der Waals surface area contributed by atoms with Gasteiger partial charge >= 0.3 is 0 Å². The van der Waals surface area contributed by atoms with Crippen LogP contribution in [-0.4, -0.2) is 62.2 Å². The van der Waals surface area contributed by atoms with Gasteiger partial charge < -0.3 is 20.4 Å². The summed E-state index contributed by atoms with van der Waals surface area (Å²) in [6, 6.07) is 0. The van der Waals surface area contributed by atoms with Crippen LogP contribution < -0.4 is 20.4 Å². The third-order valence-corrected chi connectivity index (χ3v) is 5.85. The minimum atomic E-state index is -0.186. The van der Waals surface area contributed by atoms with Crippen LogP contribution in [-0.2, 0) is 0 Å². The standard InChI is InChI=1S/C26H48N10/c1-8-12-16-35(17-13-9-2)25-31-21(6)29-23(33-25)27-20(5)28-24-30-22(7)32-26(34-24)36(18-14-10-3)19-15-11-4/h20H,8-19H2,1-7H3,(H,27,29,31,33)(H,28,30,32,34). The average Bonchev–Trinajstić information content (AvgIpc) is 2.83. The molecule has 36 heavy (non-hydrogen) atoms. The van der Waals surface area contributed by atoms with Crippen molar-refractivity contribution >= 4 is 23.8 Å². The summed E-state index contributed by atoms with van der Waals surface area (Å²) in [4.78, 5) is 32.3. The van der Waals surface area contributed by atoms with E-state index in [9.17, 15) is 0 Å². The van der Waals surface area contributed by atoms with Crippen LogP contribution >= 0.6 is 0 Å². The second kappa shape index (κ2) is 16.1. The summed E-state index contributed by atoms with van der Waals surface area (Å²) in [5.41, 5.74) is 0. The highest BCUT2D eigenvalue weighted by molar-refractivity contribution is 5.41. The molecule has 2 N–H and O–H groups in total. The third-order valence-electron chi connectivity index (χ3n) is 5.85. The van der Waals surface area contributed by atoms with Gasteiger partial charge in [0.25, 0.3) is 0 Å². The van der Waals surface area contributed by atoms with E-state index in [4.69, 9.17) is 9.97 Å². The van der Waals surface area contributed by atoms with Gasteiger partial charge in [-0.05, 0) is 46.5 Å². The van der Waals surface area contributed by atoms with Gasteiger partial charge in [0.05, 0.1) is 6.17 Å². The Morgan fingerprint density at radius 2 is 0.889 bits per heavy atom. The second-order valence-corrected chi connectivity index (χ2v) is 9.41. The van der Waals surface area contributed by atoms with E-state index >= 15 is 0 Å². The summed E-state index contributed by atoms with van der Waals surface area (Å²) in [6.07, 6.45) is 8.83. The zero-order valence-corrected chi connectivity index (χ0v) is 23.6. The van der Waals surface area contributed by atoms with Crippen LogP contribution in [0.1, 0.15) is 97.6 Å². The van der Waals surface area contributed by atoms with E-state index in [1.807, 2.05) is 20.8 Å². The Hall–Kier alpha value is -2.78. The maximum absolute atomic E-state index is 4.74. The summed E-state index contributed by atoms with van der Waals surface area (Å²) < 4.78 is 0. The lowest BCUT2D eigenvalue weighted by molar-refractivity contribution is 0.658. The van der Waals surface area contributed by atoms with Crippen LogP contribution in [0.5, 0.6) is 0 Å². The van der Waals surface area contributed by atoms with Crippen molar-refractivity contribution in [1.29, 1.82) is 0 Å². The molecule has 0 aliphatic carbocycles. The summed E-state index contributed by atoms with van der Waals surface area (Å²) in [5.74, 6) is 3.98. The topological polar surface area (TPSA) is 108 Å². The van der Waals surface area contributed by atoms with Gasteiger partial charge in [-0.25, -0.2) is 0 Å². The number of hydrogen-bond donors (Lipinski definition) is 2. The van der Waals surface area contributed by atoms with E-state index in [-0.39, 0.29) is 6.17 Å². The number of anilines is 4. The lowest BCUT2D eigenvalue weighted by Crippen LogP contribution is -2.31. The quantitative estimate of drug-likeness (QED) is 0.260. The van der Waals surface area contributed by atoms with Crippen molar-refractivity contribution in [2.24, 2.45) is 0 Å². The van der Waals surface area contributed by atoms with E-state index in [0.29, 0.717) is 23.5 Å². The van der Waals surface area contributed by atoms with Gasteiger partial charge in [0, 0.05) is 26.2 Å². The van der Waals surface area contributed by atoms with Gasteiger partial charge in [-0.1, -0.05) is 53.4 Å². The van der Waals surface area contributed by atoms with Crippen molar-refractivity contribution < 1.29 is 0 Å². The Morgan fingerprint density at radius 1 is 0.556 bits per heavy atom. The second-order valence-electron chi connectivity index (χ2n) is 9.41. The van der Waals surface area contributed by atoms with Crippen molar-refractivity contribution in [3.63, 3.8) is 0 Å². The molecule has 10 nitrogen and oxygen atoms in total. The van der Waals surface area contributed by atoms with Crippen LogP contribution in [0.3, 0.4) is 0 Å². The van der Waals surface area contributed by atoms with Crippen LogP contribution in [0.2, 0.25) is 0 Å². The largest absolute Gasteiger partial charge is 0.341 e. The Labute approximate surface area is 218 Å². The number of unbranched alkanes of at least 4 members (excludes halogenated alkanes) is 4. The zero-order valence-electron chi connectivity index (χ0n) is 23.6. The van der Waals surface area contributed by atoms with Gasteiger partial charge in [0.2, 0.25) is 23.8 Å². The van der Waals surface area contributed by atoms with Crippen LogP contribution in [0.15, 0.2) is 0 Å². The third kappa shape index (κ3) is 10.1. The fourth-order valence-electron chi connectivity index (χ4n) is 3.79. The maximum Gasteiger partial charge on any atom is 0.230 e. The molecule has 0 amide bonds. The molecule has 0 fully saturated rings. The molecule has 0 radical (unpaired) electrons. The molecule has 0 aromatic carbocycles. The molecule has 202 valence electrons. The fourth-order valence-corrected chi connectivity index (χ4v) is 3.79. The van der Waals surface area contributed by atoms with Gasteiger partial charge in [-0.2, -0.15) is 29.9 Å². The molecular weight excluding hydrogens is 452 g/mol. The molecular formula is C26H48N10. The average molecular weight is 501 g/mol. The summed E-state index contributed by atoms with van der Waals surface area (Å²) in [5, 5.41) is 6.72. The first-order valence-electron chi connectivity index (χ1n) is 13.9. The maximum atomic E-state index is 4.74. The molecule has 2 aromatic rings. The summed E-state index contributed by atoms with van der Waals surface area (Å²) >= 11 is 0. The normalized spacial score (nSPS) is 11.1. The molecule has 0 unspecified atom stereocenters. The van der Waals surface area contributed by atoms with Crippen molar-refractivity contribution in [3.05, 3.63) is 11.6 Å². The Balaban J connectivity index is 2.15. The molecule has 0 saturated carbocycles. The highest BCUT2D eigenvalue weighted by Gasteiger charge is 2.16. The Morgan fingerprint density at radius 3 is 1.19 bits per heavy atom. The van der Waals surface area contributed by atoms with Crippen LogP contribution in [0.4, 0.5) is 23.8 Å². The van der Waals surface area contributed by atoms with Crippen molar-refractivity contribution in [3.8, 4) is 0 Å². The van der Waals surface area contributed by atoms with E-state index < -0.39 is 0 Å². The predicted octanol–water partition coefficient (Wildman–Crippen LogP) is 5.36. The molecule has 2 rings (SSSR count). The highest BCUT2D eigenvalue weighted by Crippen LogP contribution is 2.16. The Kier molecular flexibility index (Phi) is 13.1. The van der Waals surface area contributed by atoms with Gasteiger partial charge in [0.15, 0.2) is 0 Å². The van der Waals surface area contributed by atoms with E-state index in [2.05, 4.69) is 68.1 Å². The molecule has 0 bridgehead atoms. The number of rotatable bonds is 18. The van der Waals surface area contributed by atoms with Gasteiger partial charge in [0.1, 0.15) is 11.6 Å². The number of hydrogen-bond acceptors (Lipinski definition) is 10. The zero-order chi connectivity index (χ0) is 26.3. The van der Waals surface area contributed by atoms with Crippen molar-refractivity contribution in [2.75, 3.05) is 46.6 Å². The monoisotopic (exact) mass is 500 g/mol. The minimum Gasteiger partial charge on any atom is -0.341 e.